The summed E-state index contributed by atoms with van der Waals surface area (Å²) < 4.78 is 5.95. The molecule has 2 N–H and O–H groups in total. The molecule has 6 rings (SSSR count). The van der Waals surface area contributed by atoms with E-state index in [0.29, 0.717) is 12.2 Å². The number of primary amides is 1. The second-order valence-electron chi connectivity index (χ2n) is 9.35. The lowest BCUT2D eigenvalue weighted by molar-refractivity contribution is 0.0866. The topological polar surface area (TPSA) is 72.6 Å². The fourth-order valence-corrected chi connectivity index (χ4v) is 5.85. The summed E-state index contributed by atoms with van der Waals surface area (Å²) in [6, 6.07) is 24.3. The smallest absolute Gasteiger partial charge is 0.410 e. The van der Waals surface area contributed by atoms with Crippen molar-refractivity contribution in [1.29, 1.82) is 0 Å². The summed E-state index contributed by atoms with van der Waals surface area (Å²) in [6.45, 7) is 0.341. The molecule has 1 aliphatic carbocycles. The Bertz CT molecular complexity index is 1270. The van der Waals surface area contributed by atoms with Crippen LogP contribution in [-0.4, -0.2) is 35.6 Å². The van der Waals surface area contributed by atoms with Gasteiger partial charge in [0.15, 0.2) is 0 Å². The Hall–Kier alpha value is -3.86. The summed E-state index contributed by atoms with van der Waals surface area (Å²) in [5, 5.41) is 0. The van der Waals surface area contributed by atoms with Gasteiger partial charge in [0.1, 0.15) is 6.61 Å². The molecule has 5 heteroatoms. The number of ether oxygens (including phenoxy) is 1. The molecule has 2 atom stereocenters. The van der Waals surface area contributed by atoms with Gasteiger partial charge in [0.2, 0.25) is 5.91 Å². The molecule has 1 fully saturated rings. The summed E-state index contributed by atoms with van der Waals surface area (Å²) in [6.07, 6.45) is 4.65. The number of carbonyl (C=O) groups excluding carboxylic acids is 2. The van der Waals surface area contributed by atoms with Crippen molar-refractivity contribution in [3.63, 3.8) is 0 Å². The van der Waals surface area contributed by atoms with Crippen LogP contribution in [0.5, 0.6) is 0 Å². The van der Waals surface area contributed by atoms with Gasteiger partial charge in [-0.05, 0) is 64.8 Å². The van der Waals surface area contributed by atoms with E-state index < -0.39 is 5.91 Å². The molecule has 2 unspecified atom stereocenters. The number of benzene rings is 3. The van der Waals surface area contributed by atoms with Crippen LogP contribution in [-0.2, 0) is 4.74 Å². The third kappa shape index (κ3) is 3.39. The molecule has 2 bridgehead atoms. The van der Waals surface area contributed by atoms with E-state index in [1.165, 1.54) is 27.8 Å². The van der Waals surface area contributed by atoms with Gasteiger partial charge in [-0.2, -0.15) is 0 Å². The quantitative estimate of drug-likeness (QED) is 0.582. The van der Waals surface area contributed by atoms with Gasteiger partial charge in [-0.1, -0.05) is 66.7 Å². The number of hydrogen-bond acceptors (Lipinski definition) is 3. The maximum absolute atomic E-state index is 13.2. The van der Waals surface area contributed by atoms with Gasteiger partial charge < -0.3 is 10.5 Å². The molecule has 0 saturated carbocycles. The van der Waals surface area contributed by atoms with Crippen molar-refractivity contribution in [2.45, 2.75) is 37.3 Å². The average molecular weight is 451 g/mol. The van der Waals surface area contributed by atoms with Crippen LogP contribution >= 0.6 is 0 Å². The Kier molecular flexibility index (Phi) is 4.98. The van der Waals surface area contributed by atoms with E-state index >= 15 is 0 Å². The normalized spacial score (nSPS) is 20.5. The molecular weight excluding hydrogens is 424 g/mol. The minimum absolute atomic E-state index is 0.0419. The van der Waals surface area contributed by atoms with Gasteiger partial charge in [0.25, 0.3) is 0 Å². The van der Waals surface area contributed by atoms with E-state index in [9.17, 15) is 9.59 Å². The fourth-order valence-electron chi connectivity index (χ4n) is 5.85. The Morgan fingerprint density at radius 3 is 2.15 bits per heavy atom. The molecule has 3 aromatic rings. The highest BCUT2D eigenvalue weighted by molar-refractivity contribution is 5.93. The zero-order valence-corrected chi connectivity index (χ0v) is 18.8. The standard InChI is InChI=1S/C29H26N2O3/c30-28(32)19-11-9-18(10-12-19)20-15-21-13-14-22(16-20)31(21)29(33)34-17-27-25-7-3-1-5-23(25)24-6-2-4-8-26(24)27/h1-12,15,21-22,27H,13-14,16-17H2,(H2,30,32). The van der Waals surface area contributed by atoms with Gasteiger partial charge in [0, 0.05) is 17.5 Å². The van der Waals surface area contributed by atoms with Crippen LogP contribution in [0.25, 0.3) is 16.7 Å². The highest BCUT2D eigenvalue weighted by Gasteiger charge is 2.41. The Labute approximate surface area is 198 Å². The highest BCUT2D eigenvalue weighted by Crippen LogP contribution is 2.45. The van der Waals surface area contributed by atoms with E-state index in [1.807, 2.05) is 29.2 Å². The Morgan fingerprint density at radius 1 is 0.882 bits per heavy atom. The van der Waals surface area contributed by atoms with Gasteiger partial charge >= 0.3 is 6.09 Å². The summed E-state index contributed by atoms with van der Waals surface area (Å²) >= 11 is 0. The molecule has 2 aliphatic heterocycles. The van der Waals surface area contributed by atoms with E-state index in [0.717, 1.165) is 24.8 Å². The van der Waals surface area contributed by atoms with Crippen molar-refractivity contribution in [2.75, 3.05) is 6.61 Å². The number of carbonyl (C=O) groups is 2. The maximum Gasteiger partial charge on any atom is 0.410 e. The number of amides is 2. The van der Waals surface area contributed by atoms with Crippen LogP contribution in [0.1, 0.15) is 52.2 Å². The number of rotatable bonds is 4. The first kappa shape index (κ1) is 20.7. The van der Waals surface area contributed by atoms with Crippen molar-refractivity contribution in [3.05, 3.63) is 101 Å². The first-order valence-corrected chi connectivity index (χ1v) is 11.8. The van der Waals surface area contributed by atoms with Crippen LogP contribution in [0, 0.1) is 0 Å². The second kappa shape index (κ2) is 8.17. The predicted molar refractivity (Wildman–Crippen MR) is 131 cm³/mol. The number of fused-ring (bicyclic) bond motifs is 5. The zero-order chi connectivity index (χ0) is 23.2. The molecule has 3 aliphatic rings. The third-order valence-corrected chi connectivity index (χ3v) is 7.48. The van der Waals surface area contributed by atoms with E-state index in [1.54, 1.807) is 12.1 Å². The first-order valence-electron chi connectivity index (χ1n) is 11.8. The van der Waals surface area contributed by atoms with Gasteiger partial charge in [-0.15, -0.1) is 0 Å². The van der Waals surface area contributed by atoms with E-state index in [-0.39, 0.29) is 24.1 Å². The number of hydrogen-bond donors (Lipinski definition) is 1. The molecule has 2 amide bonds. The minimum atomic E-state index is -0.425. The van der Waals surface area contributed by atoms with Crippen LogP contribution in [0.2, 0.25) is 0 Å². The van der Waals surface area contributed by atoms with Crippen molar-refractivity contribution in [3.8, 4) is 11.1 Å². The van der Waals surface area contributed by atoms with Crippen LogP contribution in [0.3, 0.4) is 0 Å². The minimum Gasteiger partial charge on any atom is -0.448 e. The summed E-state index contributed by atoms with van der Waals surface area (Å²) in [5.41, 5.74) is 13.1. The molecular formula is C29H26N2O3. The largest absolute Gasteiger partial charge is 0.448 e. The van der Waals surface area contributed by atoms with E-state index in [2.05, 4.69) is 42.5 Å². The molecule has 0 aromatic heterocycles. The average Bonchev–Trinajstić information content (AvgIpc) is 3.33. The van der Waals surface area contributed by atoms with Gasteiger partial charge in [-0.25, -0.2) is 4.79 Å². The van der Waals surface area contributed by atoms with Gasteiger partial charge in [-0.3, -0.25) is 9.69 Å². The van der Waals surface area contributed by atoms with Crippen molar-refractivity contribution in [1.82, 2.24) is 4.90 Å². The Balaban J connectivity index is 1.18. The highest BCUT2D eigenvalue weighted by atomic mass is 16.6. The third-order valence-electron chi connectivity index (χ3n) is 7.48. The summed E-state index contributed by atoms with van der Waals surface area (Å²) in [5.74, 6) is -0.362. The maximum atomic E-state index is 13.2. The Morgan fingerprint density at radius 2 is 1.53 bits per heavy atom. The van der Waals surface area contributed by atoms with E-state index in [4.69, 9.17) is 10.5 Å². The molecule has 34 heavy (non-hydrogen) atoms. The molecule has 1 saturated heterocycles. The van der Waals surface area contributed by atoms with Crippen LogP contribution in [0.4, 0.5) is 4.79 Å². The number of nitrogens with two attached hydrogens (primary N) is 1. The van der Waals surface area contributed by atoms with Crippen LogP contribution < -0.4 is 5.73 Å². The zero-order valence-electron chi connectivity index (χ0n) is 18.8. The molecule has 3 aromatic carbocycles. The fraction of sp³-hybridized carbons (Fsp3) is 0.241. The lowest BCUT2D eigenvalue weighted by Crippen LogP contribution is -2.43. The molecule has 0 spiro atoms. The summed E-state index contributed by atoms with van der Waals surface area (Å²) in [7, 11) is 0. The van der Waals surface area contributed by atoms with Crippen molar-refractivity contribution < 1.29 is 14.3 Å². The molecule has 0 radical (unpaired) electrons. The monoisotopic (exact) mass is 450 g/mol. The van der Waals surface area contributed by atoms with Crippen molar-refractivity contribution >= 4 is 17.6 Å². The first-order chi connectivity index (χ1) is 16.6. The lowest BCUT2D eigenvalue weighted by atomic mass is 9.94. The predicted octanol–water partition coefficient (Wildman–Crippen LogP) is 5.35. The van der Waals surface area contributed by atoms with Crippen LogP contribution in [0.15, 0.2) is 78.9 Å². The summed E-state index contributed by atoms with van der Waals surface area (Å²) in [4.78, 5) is 26.5. The molecule has 170 valence electrons. The number of nitrogens with zero attached hydrogens (tertiary/aromatic N) is 1. The van der Waals surface area contributed by atoms with Gasteiger partial charge in [0.05, 0.1) is 6.04 Å². The molecule has 5 nitrogen and oxygen atoms in total. The van der Waals surface area contributed by atoms with Crippen molar-refractivity contribution in [2.24, 2.45) is 5.73 Å². The second-order valence-corrected chi connectivity index (χ2v) is 9.35. The lowest BCUT2D eigenvalue weighted by Gasteiger charge is -2.33. The molecule has 2 heterocycles. The SMILES string of the molecule is NC(=O)c1ccc(C2=CC3CCC(C2)N3C(=O)OCC2c3ccccc3-c3ccccc32)cc1.